The number of rotatable bonds is 4. The van der Waals surface area contributed by atoms with Crippen LogP contribution in [0.25, 0.3) is 10.9 Å². The molecule has 2 aromatic carbocycles. The number of nitrogens with zero attached hydrogens (tertiary/aromatic N) is 2. The van der Waals surface area contributed by atoms with Crippen LogP contribution in [0.2, 0.25) is 0 Å². The highest BCUT2D eigenvalue weighted by Gasteiger charge is 2.13. The number of anilines is 1. The number of amides is 1. The Morgan fingerprint density at radius 1 is 1.27 bits per heavy atom. The van der Waals surface area contributed by atoms with Crippen LogP contribution in [0.5, 0.6) is 0 Å². The standard InChI is InChI=1S/C20H16FN3OS/c1-12-7-13(2)19-14(8-12)9-15(10-22)20(24-19)26-11-18(25)23-17-6-4-3-5-16(17)21/h3-9H,11H2,1-2H3,(H,23,25). The molecule has 1 aromatic heterocycles. The summed E-state index contributed by atoms with van der Waals surface area (Å²) in [5.41, 5.74) is 3.49. The lowest BCUT2D eigenvalue weighted by Crippen LogP contribution is -2.15. The molecule has 0 saturated heterocycles. The van der Waals surface area contributed by atoms with E-state index in [1.165, 1.54) is 12.1 Å². The SMILES string of the molecule is Cc1cc(C)c2nc(SCC(=O)Nc3ccccc3F)c(C#N)cc2c1. The maximum atomic E-state index is 13.6. The van der Waals surface area contributed by atoms with Crippen molar-refractivity contribution in [2.45, 2.75) is 18.9 Å². The zero-order valence-electron chi connectivity index (χ0n) is 14.3. The number of carbonyl (C=O) groups is 1. The minimum atomic E-state index is -0.488. The van der Waals surface area contributed by atoms with E-state index < -0.39 is 5.82 Å². The second kappa shape index (κ2) is 7.54. The molecule has 3 rings (SSSR count). The molecule has 0 radical (unpaired) electrons. The van der Waals surface area contributed by atoms with Crippen LogP contribution >= 0.6 is 11.8 Å². The van der Waals surface area contributed by atoms with Gasteiger partial charge in [-0.3, -0.25) is 4.79 Å². The Kier molecular flexibility index (Phi) is 5.19. The number of benzene rings is 2. The van der Waals surface area contributed by atoms with Crippen LogP contribution in [0.4, 0.5) is 10.1 Å². The topological polar surface area (TPSA) is 65.8 Å². The lowest BCUT2D eigenvalue weighted by Gasteiger charge is -2.09. The third-order valence-corrected chi connectivity index (χ3v) is 4.82. The van der Waals surface area contributed by atoms with E-state index >= 15 is 0 Å². The van der Waals surface area contributed by atoms with Crippen LogP contribution in [0.3, 0.4) is 0 Å². The highest BCUT2D eigenvalue weighted by atomic mass is 32.2. The number of para-hydroxylation sites is 1. The van der Waals surface area contributed by atoms with Crippen LogP contribution in [0.1, 0.15) is 16.7 Å². The predicted octanol–water partition coefficient (Wildman–Crippen LogP) is 4.59. The number of nitrogens with one attached hydrogen (secondary N) is 1. The van der Waals surface area contributed by atoms with E-state index in [1.807, 2.05) is 26.0 Å². The number of thioether (sulfide) groups is 1. The number of halogens is 1. The summed E-state index contributed by atoms with van der Waals surface area (Å²) in [5, 5.41) is 13.3. The average molecular weight is 365 g/mol. The van der Waals surface area contributed by atoms with Crippen LogP contribution in [-0.2, 0) is 4.79 Å². The fourth-order valence-corrected chi connectivity index (χ4v) is 3.46. The Hall–Kier alpha value is -2.91. The third kappa shape index (κ3) is 3.84. The number of carbonyl (C=O) groups excluding carboxylic acids is 1. The number of aromatic nitrogens is 1. The molecule has 1 N–H and O–H groups in total. The van der Waals surface area contributed by atoms with E-state index in [4.69, 9.17) is 0 Å². The van der Waals surface area contributed by atoms with Crippen LogP contribution in [0.15, 0.2) is 47.5 Å². The minimum absolute atomic E-state index is 0.0342. The van der Waals surface area contributed by atoms with Crippen molar-refractivity contribution < 1.29 is 9.18 Å². The van der Waals surface area contributed by atoms with Crippen molar-refractivity contribution in [1.29, 1.82) is 5.26 Å². The van der Waals surface area contributed by atoms with Gasteiger partial charge in [0, 0.05) is 5.39 Å². The average Bonchev–Trinajstić information content (AvgIpc) is 2.61. The molecule has 0 fully saturated rings. The second-order valence-electron chi connectivity index (χ2n) is 5.92. The minimum Gasteiger partial charge on any atom is -0.323 e. The molecule has 0 unspecified atom stereocenters. The maximum Gasteiger partial charge on any atom is 0.234 e. The van der Waals surface area contributed by atoms with Crippen molar-refractivity contribution >= 4 is 34.3 Å². The molecule has 0 aliphatic rings. The maximum absolute atomic E-state index is 13.6. The molecule has 0 spiro atoms. The summed E-state index contributed by atoms with van der Waals surface area (Å²) in [7, 11) is 0. The summed E-state index contributed by atoms with van der Waals surface area (Å²) < 4.78 is 13.6. The number of hydrogen-bond acceptors (Lipinski definition) is 4. The number of nitriles is 1. The Labute approximate surface area is 155 Å². The van der Waals surface area contributed by atoms with Gasteiger partial charge in [0.25, 0.3) is 0 Å². The zero-order chi connectivity index (χ0) is 18.7. The highest BCUT2D eigenvalue weighted by molar-refractivity contribution is 8.00. The Bertz CT molecular complexity index is 1040. The van der Waals surface area contributed by atoms with Crippen molar-refractivity contribution in [2.24, 2.45) is 0 Å². The molecule has 3 aromatic rings. The molecule has 6 heteroatoms. The van der Waals surface area contributed by atoms with Gasteiger partial charge in [-0.2, -0.15) is 5.26 Å². The van der Waals surface area contributed by atoms with E-state index in [2.05, 4.69) is 16.4 Å². The van der Waals surface area contributed by atoms with Crippen LogP contribution in [0, 0.1) is 31.0 Å². The van der Waals surface area contributed by atoms with Gasteiger partial charge in [0.2, 0.25) is 5.91 Å². The number of pyridine rings is 1. The summed E-state index contributed by atoms with van der Waals surface area (Å²) in [6, 6.07) is 13.9. The quantitative estimate of drug-likeness (QED) is 0.687. The first kappa shape index (κ1) is 17.9. The van der Waals surface area contributed by atoms with Crippen molar-refractivity contribution in [3.05, 3.63) is 65.0 Å². The first-order valence-electron chi connectivity index (χ1n) is 7.97. The first-order chi connectivity index (χ1) is 12.5. The van der Waals surface area contributed by atoms with E-state index in [0.29, 0.717) is 10.6 Å². The van der Waals surface area contributed by atoms with Gasteiger partial charge in [0.15, 0.2) is 0 Å². The molecule has 0 saturated carbocycles. The van der Waals surface area contributed by atoms with Crippen molar-refractivity contribution in [3.63, 3.8) is 0 Å². The summed E-state index contributed by atoms with van der Waals surface area (Å²) in [5.74, 6) is -0.809. The van der Waals surface area contributed by atoms with E-state index in [0.717, 1.165) is 33.8 Å². The fraction of sp³-hybridized carbons (Fsp3) is 0.150. The molecule has 0 aliphatic carbocycles. The van der Waals surface area contributed by atoms with Gasteiger partial charge in [-0.05, 0) is 43.7 Å². The molecule has 4 nitrogen and oxygen atoms in total. The lowest BCUT2D eigenvalue weighted by atomic mass is 10.1. The number of fused-ring (bicyclic) bond motifs is 1. The van der Waals surface area contributed by atoms with Gasteiger partial charge in [0.05, 0.1) is 22.5 Å². The zero-order valence-corrected chi connectivity index (χ0v) is 15.2. The van der Waals surface area contributed by atoms with E-state index in [-0.39, 0.29) is 17.3 Å². The fourth-order valence-electron chi connectivity index (χ4n) is 2.71. The molecule has 26 heavy (non-hydrogen) atoms. The normalized spacial score (nSPS) is 10.5. The van der Waals surface area contributed by atoms with E-state index in [1.54, 1.807) is 18.2 Å². The molecule has 1 heterocycles. The molecule has 130 valence electrons. The van der Waals surface area contributed by atoms with Crippen LogP contribution < -0.4 is 5.32 Å². The molecule has 0 atom stereocenters. The van der Waals surface area contributed by atoms with Gasteiger partial charge in [-0.1, -0.05) is 35.5 Å². The lowest BCUT2D eigenvalue weighted by molar-refractivity contribution is -0.113. The summed E-state index contributed by atoms with van der Waals surface area (Å²) in [6.45, 7) is 3.96. The van der Waals surface area contributed by atoms with Gasteiger partial charge < -0.3 is 5.32 Å². The van der Waals surface area contributed by atoms with Gasteiger partial charge in [-0.15, -0.1) is 0 Å². The molecular formula is C20H16FN3OS. The van der Waals surface area contributed by atoms with Gasteiger partial charge >= 0.3 is 0 Å². The summed E-state index contributed by atoms with van der Waals surface area (Å²) in [4.78, 5) is 16.7. The molecular weight excluding hydrogens is 349 g/mol. The molecule has 1 amide bonds. The van der Waals surface area contributed by atoms with Gasteiger partial charge in [-0.25, -0.2) is 9.37 Å². The first-order valence-corrected chi connectivity index (χ1v) is 8.96. The molecule has 0 aliphatic heterocycles. The summed E-state index contributed by atoms with van der Waals surface area (Å²) in [6.07, 6.45) is 0. The van der Waals surface area contributed by atoms with Gasteiger partial charge in [0.1, 0.15) is 16.9 Å². The molecule has 0 bridgehead atoms. The van der Waals surface area contributed by atoms with Crippen LogP contribution in [-0.4, -0.2) is 16.6 Å². The predicted molar refractivity (Wildman–Crippen MR) is 102 cm³/mol. The Morgan fingerprint density at radius 3 is 2.77 bits per heavy atom. The summed E-state index contributed by atoms with van der Waals surface area (Å²) >= 11 is 1.16. The smallest absolute Gasteiger partial charge is 0.234 e. The number of hydrogen-bond donors (Lipinski definition) is 1. The Balaban J connectivity index is 1.81. The third-order valence-electron chi connectivity index (χ3n) is 3.83. The van der Waals surface area contributed by atoms with Crippen molar-refractivity contribution in [3.8, 4) is 6.07 Å². The van der Waals surface area contributed by atoms with E-state index in [9.17, 15) is 14.4 Å². The number of aryl methyl sites for hydroxylation is 2. The second-order valence-corrected chi connectivity index (χ2v) is 6.89. The Morgan fingerprint density at radius 2 is 2.04 bits per heavy atom. The van der Waals surface area contributed by atoms with Crippen molar-refractivity contribution in [2.75, 3.05) is 11.1 Å². The highest BCUT2D eigenvalue weighted by Crippen LogP contribution is 2.27. The monoisotopic (exact) mass is 365 g/mol. The van der Waals surface area contributed by atoms with Crippen molar-refractivity contribution in [1.82, 2.24) is 4.98 Å². The largest absolute Gasteiger partial charge is 0.323 e.